The molecule has 0 bridgehead atoms. The summed E-state index contributed by atoms with van der Waals surface area (Å²) >= 11 is 0. The van der Waals surface area contributed by atoms with Gasteiger partial charge in [-0.15, -0.1) is 0 Å². The van der Waals surface area contributed by atoms with E-state index in [-0.39, 0.29) is 24.7 Å². The second kappa shape index (κ2) is 10.8. The largest absolute Gasteiger partial charge is 0.462 e. The number of hydrogen-bond acceptors (Lipinski definition) is 9. The topological polar surface area (TPSA) is 142 Å². The van der Waals surface area contributed by atoms with Crippen LogP contribution >= 0.6 is 0 Å². The van der Waals surface area contributed by atoms with Crippen LogP contribution in [0.2, 0.25) is 0 Å². The smallest absolute Gasteiger partial charge is 0.347 e. The quantitative estimate of drug-likeness (QED) is 0.244. The van der Waals surface area contributed by atoms with Gasteiger partial charge in [0.25, 0.3) is 0 Å². The van der Waals surface area contributed by atoms with Crippen molar-refractivity contribution in [1.29, 1.82) is 0 Å². The molecule has 0 unspecified atom stereocenters. The van der Waals surface area contributed by atoms with Crippen LogP contribution in [0.1, 0.15) is 37.5 Å². The van der Waals surface area contributed by atoms with E-state index in [0.717, 1.165) is 28.8 Å². The molecule has 9 nitrogen and oxygen atoms in total. The molecule has 30 heavy (non-hydrogen) atoms. The van der Waals surface area contributed by atoms with Crippen LogP contribution in [-0.2, 0) is 31.9 Å². The second-order valence-electron chi connectivity index (χ2n) is 6.30. The number of nitrogens with zero attached hydrogens (tertiary/aromatic N) is 2. The lowest BCUT2D eigenvalue weighted by molar-refractivity contribution is -0.146. The minimum Gasteiger partial charge on any atom is -0.462 e. The fourth-order valence-corrected chi connectivity index (χ4v) is 2.75. The number of carbonyl (C=O) groups is 2. The third-order valence-corrected chi connectivity index (χ3v) is 4.22. The highest BCUT2D eigenvalue weighted by molar-refractivity contribution is 6.14. The number of benzene rings is 1. The molecule has 1 aromatic heterocycles. The Bertz CT molecular complexity index is 923. The Morgan fingerprint density at radius 1 is 1.07 bits per heavy atom. The molecule has 5 N–H and O–H groups in total. The van der Waals surface area contributed by atoms with Gasteiger partial charge in [-0.3, -0.25) is 0 Å². The van der Waals surface area contributed by atoms with Crippen LogP contribution in [0.5, 0.6) is 0 Å². The molecule has 0 amide bonds. The lowest BCUT2D eigenvalue weighted by atomic mass is 10.0. The Balaban J connectivity index is 2.25. The summed E-state index contributed by atoms with van der Waals surface area (Å²) in [6.07, 6.45) is 4.21. The zero-order chi connectivity index (χ0) is 22.1. The van der Waals surface area contributed by atoms with Gasteiger partial charge in [-0.05, 0) is 37.5 Å². The summed E-state index contributed by atoms with van der Waals surface area (Å²) in [5, 5.41) is 3.02. The number of hydrogen-bond donors (Lipinski definition) is 3. The number of esters is 2. The molecule has 1 aromatic carbocycles. The lowest BCUT2D eigenvalue weighted by Crippen LogP contribution is -2.19. The normalized spacial score (nSPS) is 10.2. The summed E-state index contributed by atoms with van der Waals surface area (Å²) in [5.41, 5.74) is 14.8. The van der Waals surface area contributed by atoms with Crippen molar-refractivity contribution in [2.45, 2.75) is 33.6 Å². The molecule has 1 heterocycles. The molecule has 0 saturated carbocycles. The van der Waals surface area contributed by atoms with Crippen LogP contribution in [0.25, 0.3) is 0 Å². The first-order valence-corrected chi connectivity index (χ1v) is 9.69. The minimum atomic E-state index is -0.739. The molecule has 0 aliphatic carbocycles. The standard InChI is InChI=1S/C21H27N5O4/c1-4-14-9-13(10-15-11-25-21(23)26-18(15)22)7-8-17(14)24-12-16(19(27)29-5-2)20(28)30-6-3/h7-9,11-12,24H,4-6,10H2,1-3H3,(H4,22,23,25,26). The summed E-state index contributed by atoms with van der Waals surface area (Å²) in [7, 11) is 0. The maximum atomic E-state index is 12.1. The van der Waals surface area contributed by atoms with E-state index in [2.05, 4.69) is 15.3 Å². The number of anilines is 3. The highest BCUT2D eigenvalue weighted by Gasteiger charge is 2.21. The summed E-state index contributed by atoms with van der Waals surface area (Å²) in [6, 6.07) is 5.80. The van der Waals surface area contributed by atoms with Gasteiger partial charge in [0.05, 0.1) is 13.2 Å². The van der Waals surface area contributed by atoms with Crippen molar-refractivity contribution in [3.05, 3.63) is 52.9 Å². The third kappa shape index (κ3) is 5.94. The molecule has 0 saturated heterocycles. The van der Waals surface area contributed by atoms with Gasteiger partial charge in [-0.25, -0.2) is 14.6 Å². The van der Waals surface area contributed by atoms with Crippen molar-refractivity contribution < 1.29 is 19.1 Å². The Kier molecular flexibility index (Phi) is 8.16. The Labute approximate surface area is 175 Å². The van der Waals surface area contributed by atoms with Gasteiger partial charge >= 0.3 is 11.9 Å². The van der Waals surface area contributed by atoms with E-state index in [4.69, 9.17) is 20.9 Å². The number of carbonyl (C=O) groups excluding carboxylic acids is 2. The Morgan fingerprint density at radius 2 is 1.73 bits per heavy atom. The highest BCUT2D eigenvalue weighted by atomic mass is 16.6. The summed E-state index contributed by atoms with van der Waals surface area (Å²) in [4.78, 5) is 32.1. The van der Waals surface area contributed by atoms with Gasteiger partial charge in [-0.2, -0.15) is 4.98 Å². The summed E-state index contributed by atoms with van der Waals surface area (Å²) < 4.78 is 9.88. The van der Waals surface area contributed by atoms with Crippen molar-refractivity contribution in [2.24, 2.45) is 0 Å². The molecular formula is C21H27N5O4. The minimum absolute atomic E-state index is 0.135. The highest BCUT2D eigenvalue weighted by Crippen LogP contribution is 2.22. The molecule has 0 radical (unpaired) electrons. The van der Waals surface area contributed by atoms with Crippen LogP contribution in [0.4, 0.5) is 17.5 Å². The van der Waals surface area contributed by atoms with Crippen LogP contribution < -0.4 is 16.8 Å². The van der Waals surface area contributed by atoms with Gasteiger partial charge in [0.15, 0.2) is 5.57 Å². The Morgan fingerprint density at radius 3 is 2.30 bits per heavy atom. The van der Waals surface area contributed by atoms with Gasteiger partial charge in [-0.1, -0.05) is 19.1 Å². The first-order valence-electron chi connectivity index (χ1n) is 9.69. The maximum Gasteiger partial charge on any atom is 0.347 e. The molecule has 0 atom stereocenters. The lowest BCUT2D eigenvalue weighted by Gasteiger charge is -2.12. The number of rotatable bonds is 9. The van der Waals surface area contributed by atoms with E-state index in [0.29, 0.717) is 12.2 Å². The van der Waals surface area contributed by atoms with Crippen molar-refractivity contribution in [3.8, 4) is 0 Å². The van der Waals surface area contributed by atoms with Gasteiger partial charge in [0.2, 0.25) is 5.95 Å². The van der Waals surface area contributed by atoms with Crippen LogP contribution in [0, 0.1) is 0 Å². The SMILES string of the molecule is CCOC(=O)C(=CNc1ccc(Cc2cnc(N)nc2N)cc1CC)C(=O)OCC. The first-order chi connectivity index (χ1) is 14.4. The van der Waals surface area contributed by atoms with Crippen molar-refractivity contribution in [2.75, 3.05) is 30.0 Å². The average Bonchev–Trinajstić information content (AvgIpc) is 2.71. The number of nitrogen functional groups attached to an aromatic ring is 2. The van der Waals surface area contributed by atoms with Crippen molar-refractivity contribution in [1.82, 2.24) is 9.97 Å². The molecular weight excluding hydrogens is 386 g/mol. The molecule has 9 heteroatoms. The van der Waals surface area contributed by atoms with Crippen LogP contribution in [-0.4, -0.2) is 35.1 Å². The number of aryl methyl sites for hydroxylation is 1. The van der Waals surface area contributed by atoms with Crippen molar-refractivity contribution >= 4 is 29.4 Å². The van der Waals surface area contributed by atoms with Crippen LogP contribution in [0.15, 0.2) is 36.2 Å². The summed E-state index contributed by atoms with van der Waals surface area (Å²) in [6.45, 7) is 5.65. The first kappa shape index (κ1) is 22.7. The fraction of sp³-hybridized carbons (Fsp3) is 0.333. The Hall–Kier alpha value is -3.62. The van der Waals surface area contributed by atoms with E-state index < -0.39 is 11.9 Å². The molecule has 0 aliphatic heterocycles. The third-order valence-electron chi connectivity index (χ3n) is 4.22. The molecule has 2 aromatic rings. The molecule has 160 valence electrons. The number of nitrogens with two attached hydrogens (primary N) is 2. The van der Waals surface area contributed by atoms with E-state index >= 15 is 0 Å². The van der Waals surface area contributed by atoms with E-state index in [1.165, 1.54) is 6.20 Å². The average molecular weight is 413 g/mol. The predicted octanol–water partition coefficient (Wildman–Crippen LogP) is 2.22. The predicted molar refractivity (Wildman–Crippen MR) is 114 cm³/mol. The van der Waals surface area contributed by atoms with Gasteiger partial charge in [0.1, 0.15) is 5.82 Å². The van der Waals surface area contributed by atoms with Crippen LogP contribution in [0.3, 0.4) is 0 Å². The fourth-order valence-electron chi connectivity index (χ4n) is 2.75. The van der Waals surface area contributed by atoms with Gasteiger partial charge < -0.3 is 26.3 Å². The second-order valence-corrected chi connectivity index (χ2v) is 6.30. The van der Waals surface area contributed by atoms with Crippen molar-refractivity contribution in [3.63, 3.8) is 0 Å². The van der Waals surface area contributed by atoms with E-state index in [1.54, 1.807) is 20.0 Å². The molecule has 0 spiro atoms. The van der Waals surface area contributed by atoms with E-state index in [1.807, 2.05) is 25.1 Å². The van der Waals surface area contributed by atoms with E-state index in [9.17, 15) is 9.59 Å². The molecule has 0 fully saturated rings. The zero-order valence-corrected chi connectivity index (χ0v) is 17.4. The number of nitrogens with one attached hydrogen (secondary N) is 1. The van der Waals surface area contributed by atoms with Gasteiger partial charge in [0, 0.05) is 30.1 Å². The zero-order valence-electron chi connectivity index (χ0n) is 17.4. The molecule has 0 aliphatic rings. The monoisotopic (exact) mass is 413 g/mol. The number of ether oxygens (including phenoxy) is 2. The number of aromatic nitrogens is 2. The molecule has 2 rings (SSSR count). The maximum absolute atomic E-state index is 12.1. The summed E-state index contributed by atoms with van der Waals surface area (Å²) in [5.74, 6) is -0.996.